The van der Waals surface area contributed by atoms with E-state index in [-0.39, 0.29) is 24.5 Å². The van der Waals surface area contributed by atoms with E-state index in [1.54, 1.807) is 20.8 Å². The highest BCUT2D eigenvalue weighted by Crippen LogP contribution is 2.48. The van der Waals surface area contributed by atoms with E-state index in [0.717, 1.165) is 23.4 Å². The molecule has 10 heteroatoms. The van der Waals surface area contributed by atoms with E-state index in [1.807, 2.05) is 37.3 Å². The van der Waals surface area contributed by atoms with Gasteiger partial charge in [-0.3, -0.25) is 15.0 Å². The minimum atomic E-state index is -0.923. The Hall–Kier alpha value is -3.30. The van der Waals surface area contributed by atoms with Gasteiger partial charge in [0.05, 0.1) is 12.5 Å². The molecule has 2 aliphatic rings. The number of benzene rings is 1. The molecule has 0 aromatic heterocycles. The zero-order valence-corrected chi connectivity index (χ0v) is 20.9. The molecular weight excluding hydrogens is 452 g/mol. The number of hydrazine groups is 1. The number of carbonyl (C=O) groups excluding carboxylic acids is 4. The Morgan fingerprint density at radius 2 is 1.89 bits per heavy atom. The second-order valence-electron chi connectivity index (χ2n) is 10.6. The van der Waals surface area contributed by atoms with Crippen molar-refractivity contribution >= 4 is 24.0 Å². The van der Waals surface area contributed by atoms with Gasteiger partial charge in [-0.15, -0.1) is 0 Å². The summed E-state index contributed by atoms with van der Waals surface area (Å²) in [4.78, 5) is 50.7. The number of ether oxygens (including phenoxy) is 2. The van der Waals surface area contributed by atoms with Gasteiger partial charge in [-0.25, -0.2) is 14.6 Å². The van der Waals surface area contributed by atoms with Crippen LogP contribution < -0.4 is 16.1 Å². The third-order valence-electron chi connectivity index (χ3n) is 6.05. The van der Waals surface area contributed by atoms with Crippen molar-refractivity contribution in [2.75, 3.05) is 13.1 Å². The number of carbonyl (C=O) groups is 4. The Balaban J connectivity index is 1.67. The molecule has 1 saturated carbocycles. The Morgan fingerprint density at radius 1 is 1.20 bits per heavy atom. The summed E-state index contributed by atoms with van der Waals surface area (Å²) in [6.45, 7) is 7.73. The summed E-state index contributed by atoms with van der Waals surface area (Å²) in [5, 5.41) is 6.40. The molecule has 192 valence electrons. The highest BCUT2D eigenvalue weighted by molar-refractivity contribution is 5.87. The first-order chi connectivity index (χ1) is 16.4. The zero-order chi connectivity index (χ0) is 25.6. The highest BCUT2D eigenvalue weighted by atomic mass is 16.6. The quantitative estimate of drug-likeness (QED) is 0.483. The van der Waals surface area contributed by atoms with E-state index in [2.05, 4.69) is 16.1 Å². The van der Waals surface area contributed by atoms with Gasteiger partial charge >= 0.3 is 12.2 Å². The van der Waals surface area contributed by atoms with Gasteiger partial charge in [-0.2, -0.15) is 0 Å². The minimum absolute atomic E-state index is 0.0328. The second kappa shape index (κ2) is 11.0. The molecule has 1 aliphatic carbocycles. The van der Waals surface area contributed by atoms with Gasteiger partial charge in [0.15, 0.2) is 0 Å². The van der Waals surface area contributed by atoms with Crippen LogP contribution in [-0.4, -0.2) is 53.7 Å². The molecule has 1 aromatic carbocycles. The Kier molecular flexibility index (Phi) is 8.24. The molecule has 35 heavy (non-hydrogen) atoms. The van der Waals surface area contributed by atoms with E-state index in [1.165, 1.54) is 0 Å². The fraction of sp³-hybridized carbons (Fsp3) is 0.600. The predicted octanol–water partition coefficient (Wildman–Crippen LogP) is 2.88. The summed E-state index contributed by atoms with van der Waals surface area (Å²) < 4.78 is 10.7. The van der Waals surface area contributed by atoms with Crippen molar-refractivity contribution in [3.63, 3.8) is 0 Å². The van der Waals surface area contributed by atoms with Crippen molar-refractivity contribution in [1.29, 1.82) is 0 Å². The van der Waals surface area contributed by atoms with Gasteiger partial charge in [0.25, 0.3) is 5.91 Å². The molecule has 1 aromatic rings. The average Bonchev–Trinajstić information content (AvgIpc) is 3.37. The molecule has 3 N–H and O–H groups in total. The minimum Gasteiger partial charge on any atom is -0.445 e. The molecular formula is C25H36N4O6. The largest absolute Gasteiger partial charge is 0.445 e. The maximum atomic E-state index is 13.3. The Bertz CT molecular complexity index is 926. The lowest BCUT2D eigenvalue weighted by Gasteiger charge is -2.30. The van der Waals surface area contributed by atoms with E-state index >= 15 is 0 Å². The second-order valence-corrected chi connectivity index (χ2v) is 10.6. The maximum Gasteiger partial charge on any atom is 0.429 e. The summed E-state index contributed by atoms with van der Waals surface area (Å²) in [7, 11) is 0. The van der Waals surface area contributed by atoms with Crippen LogP contribution in [0.3, 0.4) is 0 Å². The van der Waals surface area contributed by atoms with E-state index < -0.39 is 35.7 Å². The summed E-state index contributed by atoms with van der Waals surface area (Å²) in [5.74, 6) is -1.22. The molecule has 1 unspecified atom stereocenters. The molecule has 0 bridgehead atoms. The molecule has 1 aliphatic heterocycles. The van der Waals surface area contributed by atoms with Gasteiger partial charge in [-0.1, -0.05) is 37.3 Å². The SMILES string of the molecule is CC1(CC(NC(=O)OCc2ccccc2)C(=O)NN(C[C@@H]2CCNC2=O)C(=O)OC(C)(C)C)CC1. The summed E-state index contributed by atoms with van der Waals surface area (Å²) >= 11 is 0. The van der Waals surface area contributed by atoms with Crippen LogP contribution in [0.5, 0.6) is 0 Å². The van der Waals surface area contributed by atoms with Crippen molar-refractivity contribution in [2.24, 2.45) is 11.3 Å². The van der Waals surface area contributed by atoms with Gasteiger partial charge in [0, 0.05) is 6.54 Å². The number of rotatable bonds is 8. The van der Waals surface area contributed by atoms with Crippen LogP contribution in [0.25, 0.3) is 0 Å². The standard InChI is InChI=1S/C25H36N4O6/c1-24(2,3)35-23(33)29(15-18-10-13-26-20(18)30)28-21(31)19(14-25(4)11-12-25)27-22(32)34-16-17-8-6-5-7-9-17/h5-9,18-19H,10-16H2,1-4H3,(H,26,30)(H,27,32)(H,28,31)/t18-,19?/m0/s1. The number of hydrogen-bond donors (Lipinski definition) is 3. The summed E-state index contributed by atoms with van der Waals surface area (Å²) in [6.07, 6.45) is 1.32. The van der Waals surface area contributed by atoms with Crippen molar-refractivity contribution < 1.29 is 28.7 Å². The lowest BCUT2D eigenvalue weighted by molar-refractivity contribution is -0.130. The molecule has 2 atom stereocenters. The van der Waals surface area contributed by atoms with Crippen LogP contribution in [0.1, 0.15) is 58.9 Å². The number of nitrogens with zero attached hydrogens (tertiary/aromatic N) is 1. The summed E-state index contributed by atoms with van der Waals surface area (Å²) in [6, 6.07) is 8.30. The zero-order valence-electron chi connectivity index (χ0n) is 20.9. The number of hydrogen-bond acceptors (Lipinski definition) is 6. The summed E-state index contributed by atoms with van der Waals surface area (Å²) in [5.41, 5.74) is 2.54. The fourth-order valence-corrected chi connectivity index (χ4v) is 3.76. The van der Waals surface area contributed by atoms with Crippen molar-refractivity contribution in [1.82, 2.24) is 21.1 Å². The van der Waals surface area contributed by atoms with Gasteiger partial charge in [0.1, 0.15) is 18.2 Å². The van der Waals surface area contributed by atoms with Crippen LogP contribution in [0.15, 0.2) is 30.3 Å². The van der Waals surface area contributed by atoms with Crippen LogP contribution in [0, 0.1) is 11.3 Å². The first-order valence-corrected chi connectivity index (χ1v) is 12.0. The van der Waals surface area contributed by atoms with Gasteiger partial charge < -0.3 is 20.1 Å². The molecule has 3 rings (SSSR count). The Morgan fingerprint density at radius 3 is 2.46 bits per heavy atom. The van der Waals surface area contributed by atoms with Crippen molar-refractivity contribution in [3.05, 3.63) is 35.9 Å². The van der Waals surface area contributed by atoms with E-state index in [4.69, 9.17) is 9.47 Å². The van der Waals surface area contributed by atoms with Crippen LogP contribution in [-0.2, 0) is 25.7 Å². The molecule has 1 saturated heterocycles. The average molecular weight is 489 g/mol. The van der Waals surface area contributed by atoms with E-state index in [9.17, 15) is 19.2 Å². The molecule has 2 fully saturated rings. The molecule has 4 amide bonds. The van der Waals surface area contributed by atoms with Crippen LogP contribution in [0.2, 0.25) is 0 Å². The molecule has 10 nitrogen and oxygen atoms in total. The third kappa shape index (κ3) is 8.45. The number of alkyl carbamates (subject to hydrolysis) is 1. The normalized spacial score (nSPS) is 19.2. The molecule has 0 spiro atoms. The third-order valence-corrected chi connectivity index (χ3v) is 6.05. The predicted molar refractivity (Wildman–Crippen MR) is 128 cm³/mol. The van der Waals surface area contributed by atoms with E-state index in [0.29, 0.717) is 19.4 Å². The molecule has 1 heterocycles. The smallest absolute Gasteiger partial charge is 0.429 e. The molecule has 0 radical (unpaired) electrons. The topological polar surface area (TPSA) is 126 Å². The van der Waals surface area contributed by atoms with Gasteiger partial charge in [0.2, 0.25) is 5.91 Å². The van der Waals surface area contributed by atoms with Crippen molar-refractivity contribution in [2.45, 2.75) is 71.6 Å². The lowest BCUT2D eigenvalue weighted by atomic mass is 9.99. The highest BCUT2D eigenvalue weighted by Gasteiger charge is 2.42. The Labute approximate surface area is 206 Å². The number of nitrogens with one attached hydrogen (secondary N) is 3. The van der Waals surface area contributed by atoms with Crippen LogP contribution in [0.4, 0.5) is 9.59 Å². The van der Waals surface area contributed by atoms with Crippen molar-refractivity contribution in [3.8, 4) is 0 Å². The maximum absolute atomic E-state index is 13.3. The lowest BCUT2D eigenvalue weighted by Crippen LogP contribution is -2.56. The number of amides is 4. The van der Waals surface area contributed by atoms with Gasteiger partial charge in [-0.05, 0) is 57.4 Å². The fourth-order valence-electron chi connectivity index (χ4n) is 3.76. The van der Waals surface area contributed by atoms with Crippen LogP contribution >= 0.6 is 0 Å². The first kappa shape index (κ1) is 26.3. The first-order valence-electron chi connectivity index (χ1n) is 12.0. The monoisotopic (exact) mass is 488 g/mol.